The first-order valence-corrected chi connectivity index (χ1v) is 14.4. The summed E-state index contributed by atoms with van der Waals surface area (Å²) < 4.78 is 34.2. The number of rotatable bonds is 7. The van der Waals surface area contributed by atoms with Gasteiger partial charge in [-0.25, -0.2) is 13.6 Å². The molecule has 2 amide bonds. The van der Waals surface area contributed by atoms with Gasteiger partial charge in [0.1, 0.15) is 16.5 Å². The lowest BCUT2D eigenvalue weighted by Crippen LogP contribution is -2.46. The normalized spacial score (nSPS) is 16.8. The van der Waals surface area contributed by atoms with E-state index in [2.05, 4.69) is 16.9 Å². The van der Waals surface area contributed by atoms with Gasteiger partial charge in [0.05, 0.1) is 20.9 Å². The molecule has 6 nitrogen and oxygen atoms in total. The minimum absolute atomic E-state index is 0.0157. The van der Waals surface area contributed by atoms with Gasteiger partial charge in [0.2, 0.25) is 0 Å². The Kier molecular flexibility index (Phi) is 8.65. The largest absolute Gasteiger partial charge is 0.416 e. The van der Waals surface area contributed by atoms with Crippen LogP contribution in [0.15, 0.2) is 73.3 Å². The number of hydrogen-bond acceptors (Lipinski definition) is 5. The van der Waals surface area contributed by atoms with Crippen molar-refractivity contribution in [3.63, 3.8) is 0 Å². The topological polar surface area (TPSA) is 71.5 Å². The fraction of sp³-hybridized carbons (Fsp3) is 0.258. The smallest absolute Gasteiger partial charge is 0.412 e. The lowest BCUT2D eigenvalue weighted by atomic mass is 9.89. The summed E-state index contributed by atoms with van der Waals surface area (Å²) in [4.78, 5) is 32.1. The maximum Gasteiger partial charge on any atom is 0.412 e. The van der Waals surface area contributed by atoms with E-state index >= 15 is 0 Å². The van der Waals surface area contributed by atoms with Crippen LogP contribution in [0.3, 0.4) is 0 Å². The van der Waals surface area contributed by atoms with Gasteiger partial charge in [0, 0.05) is 31.0 Å². The molecule has 1 aliphatic carbocycles. The molecule has 0 bridgehead atoms. The predicted octanol–water partition coefficient (Wildman–Crippen LogP) is 8.11. The molecule has 212 valence electrons. The number of pyridine rings is 1. The quantitative estimate of drug-likeness (QED) is 0.219. The third kappa shape index (κ3) is 6.41. The van der Waals surface area contributed by atoms with Crippen LogP contribution in [-0.2, 0) is 11.3 Å². The molecule has 0 atom stereocenters. The van der Waals surface area contributed by atoms with Gasteiger partial charge in [-0.3, -0.25) is 9.78 Å². The molecule has 0 saturated heterocycles. The number of hydrogen-bond donors (Lipinski definition) is 1. The van der Waals surface area contributed by atoms with Gasteiger partial charge in [0.15, 0.2) is 0 Å². The van der Waals surface area contributed by atoms with E-state index in [4.69, 9.17) is 16.3 Å². The summed E-state index contributed by atoms with van der Waals surface area (Å²) in [6, 6.07) is 13.5. The van der Waals surface area contributed by atoms with Gasteiger partial charge in [-0.05, 0) is 79.6 Å². The minimum atomic E-state index is -0.675. The summed E-state index contributed by atoms with van der Waals surface area (Å²) in [6.45, 7) is 5.45. The number of alkyl carbamates (subject to hydrolysis) is 1. The highest BCUT2D eigenvalue weighted by Crippen LogP contribution is 2.40. The number of carbonyl (C=O) groups is 2. The second kappa shape index (κ2) is 12.4. The minimum Gasteiger partial charge on any atom is -0.416 e. The van der Waals surface area contributed by atoms with Gasteiger partial charge in [-0.1, -0.05) is 36.4 Å². The number of allylic oxidation sites excluding steroid dienone is 1. The number of fused-ring (bicyclic) bond motifs is 1. The van der Waals surface area contributed by atoms with Gasteiger partial charge in [-0.15, -0.1) is 11.3 Å². The molecule has 1 aliphatic rings. The summed E-state index contributed by atoms with van der Waals surface area (Å²) >= 11 is 7.39. The third-order valence-electron chi connectivity index (χ3n) is 7.16. The summed E-state index contributed by atoms with van der Waals surface area (Å²) in [7, 11) is 0. The van der Waals surface area contributed by atoms with Crippen LogP contribution in [0.2, 0.25) is 5.02 Å². The zero-order valence-corrected chi connectivity index (χ0v) is 23.9. The first-order valence-electron chi connectivity index (χ1n) is 13.2. The summed E-state index contributed by atoms with van der Waals surface area (Å²) in [6.07, 6.45) is 5.36. The molecule has 41 heavy (non-hydrogen) atoms. The second-order valence-electron chi connectivity index (χ2n) is 10.1. The van der Waals surface area contributed by atoms with Crippen molar-refractivity contribution in [3.8, 4) is 11.1 Å². The van der Waals surface area contributed by atoms with Gasteiger partial charge >= 0.3 is 6.09 Å². The standard InChI is InChI=1S/C31H28ClF2N3O3S/c1-18(2)40-31(39)36-22-6-8-23(9-7-22)37(17-19-4-3-5-21(16-19)20-12-14-35-15-13-20)30(38)29-27(32)26-24(33)10-11-25(34)28(26)41-29/h3-5,10-16,22-23H,1,6-9,17H2,2H3,(H,36,39)/t22-,23+. The maximum absolute atomic E-state index is 14.6. The molecule has 10 heteroatoms. The van der Waals surface area contributed by atoms with Crippen molar-refractivity contribution in [1.29, 1.82) is 0 Å². The molecule has 1 N–H and O–H groups in total. The SMILES string of the molecule is C=C(C)OC(=O)N[C@H]1CC[C@@H](N(Cc2cccc(-c3ccncc3)c2)C(=O)c2sc3c(F)ccc(F)c3c2Cl)CC1. The van der Waals surface area contributed by atoms with E-state index in [1.807, 2.05) is 36.4 Å². The number of amides is 2. The Morgan fingerprint density at radius 3 is 2.46 bits per heavy atom. The summed E-state index contributed by atoms with van der Waals surface area (Å²) in [5.41, 5.74) is 2.87. The highest BCUT2D eigenvalue weighted by molar-refractivity contribution is 7.21. The molecule has 0 aliphatic heterocycles. The third-order valence-corrected chi connectivity index (χ3v) is 8.83. The van der Waals surface area contributed by atoms with Crippen LogP contribution >= 0.6 is 22.9 Å². The number of aromatic nitrogens is 1. The van der Waals surface area contributed by atoms with Crippen LogP contribution in [-0.4, -0.2) is 34.0 Å². The van der Waals surface area contributed by atoms with Gasteiger partial charge in [0.25, 0.3) is 5.91 Å². The van der Waals surface area contributed by atoms with Crippen molar-refractivity contribution in [1.82, 2.24) is 15.2 Å². The van der Waals surface area contributed by atoms with E-state index in [-0.39, 0.29) is 44.5 Å². The van der Waals surface area contributed by atoms with Gasteiger partial charge in [-0.2, -0.15) is 0 Å². The average Bonchev–Trinajstić information content (AvgIpc) is 3.32. The average molecular weight is 596 g/mol. The van der Waals surface area contributed by atoms with Crippen LogP contribution in [0.4, 0.5) is 13.6 Å². The molecule has 2 aromatic carbocycles. The van der Waals surface area contributed by atoms with Crippen LogP contribution < -0.4 is 5.32 Å². The molecule has 4 aromatic rings. The van der Waals surface area contributed by atoms with Crippen LogP contribution in [0.5, 0.6) is 0 Å². The molecule has 0 radical (unpaired) electrons. The Labute approximate surface area is 245 Å². The fourth-order valence-electron chi connectivity index (χ4n) is 5.21. The first kappa shape index (κ1) is 28.7. The fourth-order valence-corrected chi connectivity index (χ4v) is 6.71. The van der Waals surface area contributed by atoms with Crippen molar-refractivity contribution >= 4 is 45.0 Å². The lowest BCUT2D eigenvalue weighted by Gasteiger charge is -2.37. The number of thiophene rings is 1. The van der Waals surface area contributed by atoms with Crippen LogP contribution in [0.25, 0.3) is 21.2 Å². The molecule has 1 saturated carbocycles. The zero-order chi connectivity index (χ0) is 29.1. The highest BCUT2D eigenvalue weighted by atomic mass is 35.5. The number of nitrogens with one attached hydrogen (secondary N) is 1. The van der Waals surface area contributed by atoms with E-state index in [0.717, 1.165) is 40.2 Å². The molecule has 2 aromatic heterocycles. The molecule has 2 heterocycles. The number of nitrogens with zero attached hydrogens (tertiary/aromatic N) is 2. The molecule has 0 unspecified atom stereocenters. The molecule has 0 spiro atoms. The summed E-state index contributed by atoms with van der Waals surface area (Å²) in [5.74, 6) is -1.39. The van der Waals surface area contributed by atoms with Crippen molar-refractivity contribution in [2.75, 3.05) is 0 Å². The van der Waals surface area contributed by atoms with Crippen molar-refractivity contribution in [2.45, 2.75) is 51.2 Å². The predicted molar refractivity (Wildman–Crippen MR) is 157 cm³/mol. The van der Waals surface area contributed by atoms with E-state index in [9.17, 15) is 18.4 Å². The van der Waals surface area contributed by atoms with Crippen molar-refractivity contribution in [2.24, 2.45) is 0 Å². The molecule has 1 fully saturated rings. The van der Waals surface area contributed by atoms with E-state index in [0.29, 0.717) is 31.4 Å². The second-order valence-corrected chi connectivity index (χ2v) is 11.5. The highest BCUT2D eigenvalue weighted by Gasteiger charge is 2.33. The molecular formula is C31H28ClF2N3O3S. The van der Waals surface area contributed by atoms with E-state index in [1.54, 1.807) is 24.2 Å². The Bertz CT molecular complexity index is 1600. The van der Waals surface area contributed by atoms with Gasteiger partial charge < -0.3 is 15.0 Å². The van der Waals surface area contributed by atoms with Crippen LogP contribution in [0.1, 0.15) is 47.8 Å². The van der Waals surface area contributed by atoms with Crippen LogP contribution in [0, 0.1) is 11.6 Å². The molecular weight excluding hydrogens is 568 g/mol. The van der Waals surface area contributed by atoms with Crippen molar-refractivity contribution < 1.29 is 23.1 Å². The summed E-state index contributed by atoms with van der Waals surface area (Å²) in [5, 5.41) is 2.69. The first-order chi connectivity index (χ1) is 19.7. The Morgan fingerprint density at radius 2 is 1.78 bits per heavy atom. The Balaban J connectivity index is 1.44. The van der Waals surface area contributed by atoms with Crippen molar-refractivity contribution in [3.05, 3.63) is 100 Å². The molecule has 5 rings (SSSR count). The Hall–Kier alpha value is -3.82. The number of halogens is 3. The number of carbonyl (C=O) groups excluding carboxylic acids is 2. The van der Waals surface area contributed by atoms with E-state index in [1.165, 1.54) is 0 Å². The Morgan fingerprint density at radius 1 is 1.07 bits per heavy atom. The lowest BCUT2D eigenvalue weighted by molar-refractivity contribution is 0.0602. The van der Waals surface area contributed by atoms with E-state index < -0.39 is 17.7 Å². The number of benzene rings is 2. The monoisotopic (exact) mass is 595 g/mol. The maximum atomic E-state index is 14.6. The zero-order valence-electron chi connectivity index (χ0n) is 22.3. The number of ether oxygens (including phenoxy) is 1.